The monoisotopic (exact) mass is 285 g/mol. The highest BCUT2D eigenvalue weighted by molar-refractivity contribution is 5.57. The molecule has 0 spiro atoms. The molecule has 3 heteroatoms. The van der Waals surface area contributed by atoms with Gasteiger partial charge in [0.15, 0.2) is 0 Å². The smallest absolute Gasteiger partial charge is 0.123 e. The lowest BCUT2D eigenvalue weighted by Gasteiger charge is -2.10. The molecule has 0 saturated carbocycles. The van der Waals surface area contributed by atoms with Crippen molar-refractivity contribution in [2.75, 3.05) is 7.11 Å². The molecule has 0 amide bonds. The van der Waals surface area contributed by atoms with Gasteiger partial charge in [-0.15, -0.1) is 0 Å². The zero-order valence-corrected chi connectivity index (χ0v) is 12.7. The van der Waals surface area contributed by atoms with Crippen LogP contribution in [-0.4, -0.2) is 13.4 Å². The normalized spacial score (nSPS) is 11.4. The highest BCUT2D eigenvalue weighted by atomic mass is 16.5. The van der Waals surface area contributed by atoms with Crippen LogP contribution in [-0.2, 0) is 16.0 Å². The van der Waals surface area contributed by atoms with Gasteiger partial charge in [0.2, 0.25) is 0 Å². The lowest BCUT2D eigenvalue weighted by molar-refractivity contribution is -0.111. The zero-order chi connectivity index (χ0) is 15.5. The van der Waals surface area contributed by atoms with Crippen molar-refractivity contribution in [3.63, 3.8) is 0 Å². The van der Waals surface area contributed by atoms with Crippen molar-refractivity contribution in [1.82, 2.24) is 0 Å². The maximum absolute atomic E-state index is 11.1. The molecule has 1 atom stereocenters. The van der Waals surface area contributed by atoms with Gasteiger partial charge in [-0.3, -0.25) is 0 Å². The number of carbonyl (C=O) groups excluding carboxylic acids is 1. The van der Waals surface area contributed by atoms with Crippen LogP contribution in [0.3, 0.4) is 0 Å². The van der Waals surface area contributed by atoms with Crippen LogP contribution in [0.5, 0.6) is 0 Å². The Bertz CT molecular complexity index is 485. The molecule has 1 aromatic carbocycles. The summed E-state index contributed by atoms with van der Waals surface area (Å²) in [5, 5.41) is 8.49. The minimum atomic E-state index is 0.0947. The van der Waals surface area contributed by atoms with Crippen LogP contribution >= 0.6 is 0 Å². The summed E-state index contributed by atoms with van der Waals surface area (Å²) in [5.41, 5.74) is 2.19. The molecule has 0 heterocycles. The Kier molecular flexibility index (Phi) is 7.89. The number of benzene rings is 1. The molecule has 0 bridgehead atoms. The average molecular weight is 285 g/mol. The SMILES string of the molecule is C=C(OC)c1ccc(CCC(C=O)CCCCC#N)cc1. The van der Waals surface area contributed by atoms with Crippen LogP contribution < -0.4 is 0 Å². The summed E-state index contributed by atoms with van der Waals surface area (Å²) in [6.07, 6.45) is 6.09. The van der Waals surface area contributed by atoms with Crippen LogP contribution in [0.1, 0.15) is 43.2 Å². The molecule has 1 aromatic rings. The molecule has 0 aliphatic rings. The molecule has 0 aliphatic heterocycles. The molecule has 1 rings (SSSR count). The van der Waals surface area contributed by atoms with Crippen molar-refractivity contribution in [3.05, 3.63) is 42.0 Å². The molecule has 3 nitrogen and oxygen atoms in total. The van der Waals surface area contributed by atoms with Crippen LogP contribution in [0.15, 0.2) is 30.8 Å². The molecule has 0 aromatic heterocycles. The largest absolute Gasteiger partial charge is 0.497 e. The van der Waals surface area contributed by atoms with E-state index >= 15 is 0 Å². The number of methoxy groups -OCH3 is 1. The Balaban J connectivity index is 2.40. The summed E-state index contributed by atoms with van der Waals surface area (Å²) in [4.78, 5) is 11.1. The highest BCUT2D eigenvalue weighted by Gasteiger charge is 2.08. The fourth-order valence-corrected chi connectivity index (χ4v) is 2.22. The predicted octanol–water partition coefficient (Wildman–Crippen LogP) is 4.14. The van der Waals surface area contributed by atoms with Gasteiger partial charge in [-0.2, -0.15) is 5.26 Å². The van der Waals surface area contributed by atoms with Crippen molar-refractivity contribution in [2.45, 2.75) is 38.5 Å². The number of aryl methyl sites for hydroxylation is 1. The van der Waals surface area contributed by atoms with Crippen molar-refractivity contribution >= 4 is 12.0 Å². The summed E-state index contributed by atoms with van der Waals surface area (Å²) in [6, 6.07) is 10.2. The number of rotatable bonds is 10. The van der Waals surface area contributed by atoms with Gasteiger partial charge in [-0.25, -0.2) is 0 Å². The molecule has 0 radical (unpaired) electrons. The summed E-state index contributed by atoms with van der Waals surface area (Å²) in [5.74, 6) is 0.752. The third-order valence-corrected chi connectivity index (χ3v) is 3.63. The molecule has 0 saturated heterocycles. The van der Waals surface area contributed by atoms with E-state index in [9.17, 15) is 4.79 Å². The maximum atomic E-state index is 11.1. The Morgan fingerprint density at radius 2 is 2.05 bits per heavy atom. The molecular formula is C18H23NO2. The second kappa shape index (κ2) is 9.77. The first kappa shape index (κ1) is 17.0. The number of ether oxygens (including phenoxy) is 1. The maximum Gasteiger partial charge on any atom is 0.123 e. The molecular weight excluding hydrogens is 262 g/mol. The predicted molar refractivity (Wildman–Crippen MR) is 84.4 cm³/mol. The third-order valence-electron chi connectivity index (χ3n) is 3.63. The fraction of sp³-hybridized carbons (Fsp3) is 0.444. The Morgan fingerprint density at radius 1 is 1.33 bits per heavy atom. The number of hydrogen-bond acceptors (Lipinski definition) is 3. The van der Waals surface area contributed by atoms with Crippen molar-refractivity contribution in [3.8, 4) is 6.07 Å². The van der Waals surface area contributed by atoms with Gasteiger partial charge in [-0.05, 0) is 31.2 Å². The number of nitrogens with zero attached hydrogens (tertiary/aromatic N) is 1. The van der Waals surface area contributed by atoms with E-state index in [4.69, 9.17) is 10.00 Å². The Morgan fingerprint density at radius 3 is 2.62 bits per heavy atom. The highest BCUT2D eigenvalue weighted by Crippen LogP contribution is 2.18. The first-order chi connectivity index (χ1) is 10.2. The first-order valence-electron chi connectivity index (χ1n) is 7.35. The second-order valence-corrected chi connectivity index (χ2v) is 5.16. The van der Waals surface area contributed by atoms with E-state index in [1.165, 1.54) is 5.56 Å². The van der Waals surface area contributed by atoms with E-state index in [-0.39, 0.29) is 5.92 Å². The number of carbonyl (C=O) groups is 1. The third kappa shape index (κ3) is 6.27. The van der Waals surface area contributed by atoms with E-state index in [2.05, 4.69) is 24.8 Å². The van der Waals surface area contributed by atoms with Gasteiger partial charge >= 0.3 is 0 Å². The molecule has 21 heavy (non-hydrogen) atoms. The summed E-state index contributed by atoms with van der Waals surface area (Å²) in [7, 11) is 1.61. The molecule has 0 N–H and O–H groups in total. The second-order valence-electron chi connectivity index (χ2n) is 5.16. The Hall–Kier alpha value is -2.08. The first-order valence-corrected chi connectivity index (χ1v) is 7.35. The van der Waals surface area contributed by atoms with Gasteiger partial charge in [0, 0.05) is 17.9 Å². The summed E-state index contributed by atoms with van der Waals surface area (Å²) < 4.78 is 5.09. The van der Waals surface area contributed by atoms with Gasteiger partial charge in [0.05, 0.1) is 13.2 Å². The number of aldehydes is 1. The standard InChI is InChI=1S/C18H23NO2/c1-15(21-2)18-11-9-16(10-12-18)7-8-17(14-20)6-4-3-5-13-19/h9-12,14,17H,1,3-8H2,2H3. The van der Waals surface area contributed by atoms with Gasteiger partial charge in [-0.1, -0.05) is 37.3 Å². The molecule has 0 aliphatic carbocycles. The fourth-order valence-electron chi connectivity index (χ4n) is 2.22. The number of nitriles is 1. The summed E-state index contributed by atoms with van der Waals surface area (Å²) in [6.45, 7) is 3.82. The van der Waals surface area contributed by atoms with Crippen molar-refractivity contribution < 1.29 is 9.53 Å². The van der Waals surface area contributed by atoms with E-state index in [0.717, 1.165) is 44.0 Å². The van der Waals surface area contributed by atoms with Gasteiger partial charge in [0.25, 0.3) is 0 Å². The van der Waals surface area contributed by atoms with Crippen LogP contribution in [0.4, 0.5) is 0 Å². The molecule has 112 valence electrons. The topological polar surface area (TPSA) is 50.1 Å². The number of hydrogen-bond donors (Lipinski definition) is 0. The summed E-state index contributed by atoms with van der Waals surface area (Å²) >= 11 is 0. The van der Waals surface area contributed by atoms with Crippen LogP contribution in [0.2, 0.25) is 0 Å². The lowest BCUT2D eigenvalue weighted by Crippen LogP contribution is -2.04. The van der Waals surface area contributed by atoms with Crippen molar-refractivity contribution in [1.29, 1.82) is 5.26 Å². The average Bonchev–Trinajstić information content (AvgIpc) is 2.54. The lowest BCUT2D eigenvalue weighted by atomic mass is 9.95. The van der Waals surface area contributed by atoms with E-state index in [0.29, 0.717) is 12.2 Å². The van der Waals surface area contributed by atoms with Gasteiger partial charge < -0.3 is 9.53 Å². The van der Waals surface area contributed by atoms with E-state index in [1.807, 2.05) is 12.1 Å². The van der Waals surface area contributed by atoms with E-state index < -0.39 is 0 Å². The number of unbranched alkanes of at least 4 members (excludes halogenated alkanes) is 2. The van der Waals surface area contributed by atoms with Crippen LogP contribution in [0, 0.1) is 17.2 Å². The minimum Gasteiger partial charge on any atom is -0.497 e. The zero-order valence-electron chi connectivity index (χ0n) is 12.7. The minimum absolute atomic E-state index is 0.0947. The quantitative estimate of drug-likeness (QED) is 0.369. The molecule has 0 fully saturated rings. The molecule has 1 unspecified atom stereocenters. The van der Waals surface area contributed by atoms with Gasteiger partial charge in [0.1, 0.15) is 12.0 Å². The Labute approximate surface area is 127 Å². The van der Waals surface area contributed by atoms with Crippen molar-refractivity contribution in [2.24, 2.45) is 5.92 Å². The van der Waals surface area contributed by atoms with Crippen LogP contribution in [0.25, 0.3) is 5.76 Å². The van der Waals surface area contributed by atoms with E-state index in [1.54, 1.807) is 7.11 Å².